The predicted molar refractivity (Wildman–Crippen MR) is 84.9 cm³/mol. The number of aromatic nitrogens is 2. The molecule has 21 heavy (non-hydrogen) atoms. The van der Waals surface area contributed by atoms with E-state index in [9.17, 15) is 4.79 Å². The van der Waals surface area contributed by atoms with Crippen molar-refractivity contribution in [3.05, 3.63) is 10.7 Å². The summed E-state index contributed by atoms with van der Waals surface area (Å²) in [5, 5.41) is 12.4. The van der Waals surface area contributed by atoms with Gasteiger partial charge in [0.25, 0.3) is 0 Å². The molecule has 6 N–H and O–H groups in total. The Morgan fingerprint density at radius 3 is 3.10 bits per heavy atom. The predicted octanol–water partition coefficient (Wildman–Crippen LogP) is -0.699. The molecule has 0 aromatic carbocycles. The number of nitrogens with two attached hydrogens (primary N) is 1. The number of halogens is 1. The quantitative estimate of drug-likeness (QED) is 0.427. The summed E-state index contributed by atoms with van der Waals surface area (Å²) in [6, 6.07) is -0.137. The number of hydrogen-bond acceptors (Lipinski definition) is 7. The third-order valence-corrected chi connectivity index (χ3v) is 3.65. The van der Waals surface area contributed by atoms with Gasteiger partial charge in [-0.15, -0.1) is 0 Å². The highest BCUT2D eigenvalue weighted by molar-refractivity contribution is 9.10. The van der Waals surface area contributed by atoms with E-state index in [1.807, 2.05) is 0 Å². The number of anilines is 2. The molecule has 2 rings (SSSR count). The topological polar surface area (TPSA) is 117 Å². The molecular formula is C12H20BrN7O. The van der Waals surface area contributed by atoms with E-state index in [1.54, 1.807) is 6.20 Å². The van der Waals surface area contributed by atoms with Crippen LogP contribution in [-0.2, 0) is 4.79 Å². The van der Waals surface area contributed by atoms with Crippen molar-refractivity contribution in [3.63, 3.8) is 0 Å². The van der Waals surface area contributed by atoms with Gasteiger partial charge in [-0.3, -0.25) is 4.79 Å². The van der Waals surface area contributed by atoms with Gasteiger partial charge < -0.3 is 27.0 Å². The van der Waals surface area contributed by atoms with Crippen LogP contribution in [-0.4, -0.2) is 54.6 Å². The molecule has 1 amide bonds. The second-order valence-electron chi connectivity index (χ2n) is 4.71. The first-order valence-electron chi connectivity index (χ1n) is 6.90. The van der Waals surface area contributed by atoms with Gasteiger partial charge in [0, 0.05) is 38.9 Å². The van der Waals surface area contributed by atoms with Crippen LogP contribution in [0.2, 0.25) is 0 Å². The summed E-state index contributed by atoms with van der Waals surface area (Å²) in [4.78, 5) is 19.8. The molecule has 1 aliphatic rings. The number of hydrogen-bond donors (Lipinski definition) is 5. The van der Waals surface area contributed by atoms with Crippen LogP contribution in [0.15, 0.2) is 10.7 Å². The van der Waals surface area contributed by atoms with Crippen LogP contribution in [0.3, 0.4) is 0 Å². The summed E-state index contributed by atoms with van der Waals surface area (Å²) in [6.45, 7) is 3.71. The number of rotatable bonds is 6. The molecule has 9 heteroatoms. The van der Waals surface area contributed by atoms with Crippen molar-refractivity contribution >= 4 is 33.6 Å². The van der Waals surface area contributed by atoms with Crippen LogP contribution in [0.1, 0.15) is 6.42 Å². The molecule has 1 aromatic rings. The number of nitrogen functional groups attached to an aromatic ring is 1. The third-order valence-electron chi connectivity index (χ3n) is 3.07. The van der Waals surface area contributed by atoms with E-state index in [1.165, 1.54) is 0 Å². The van der Waals surface area contributed by atoms with Crippen LogP contribution < -0.4 is 27.0 Å². The smallest absolute Gasteiger partial charge is 0.238 e. The summed E-state index contributed by atoms with van der Waals surface area (Å²) in [5.74, 6) is 0.923. The van der Waals surface area contributed by atoms with Crippen LogP contribution in [0.25, 0.3) is 0 Å². The minimum Gasteiger partial charge on any atom is -0.369 e. The minimum atomic E-state index is -0.137. The molecule has 0 radical (unpaired) electrons. The Hall–Kier alpha value is -1.45. The van der Waals surface area contributed by atoms with Crippen LogP contribution in [0, 0.1) is 0 Å². The van der Waals surface area contributed by atoms with Gasteiger partial charge in [-0.05, 0) is 22.4 Å². The molecule has 1 fully saturated rings. The highest BCUT2D eigenvalue weighted by Gasteiger charge is 2.19. The van der Waals surface area contributed by atoms with E-state index < -0.39 is 0 Å². The largest absolute Gasteiger partial charge is 0.369 e. The molecule has 1 unspecified atom stereocenters. The van der Waals surface area contributed by atoms with Crippen LogP contribution >= 0.6 is 15.9 Å². The Bertz CT molecular complexity index is 479. The Labute approximate surface area is 131 Å². The van der Waals surface area contributed by atoms with Crippen LogP contribution in [0.4, 0.5) is 11.8 Å². The van der Waals surface area contributed by atoms with Gasteiger partial charge >= 0.3 is 0 Å². The fourth-order valence-electron chi connectivity index (χ4n) is 1.97. The SMILES string of the molecule is Nc1ncc(Br)c(NCCCNC(=O)C2CNCCN2)n1. The van der Waals surface area contributed by atoms with E-state index in [0.717, 1.165) is 24.0 Å². The van der Waals surface area contributed by atoms with Gasteiger partial charge in [-0.1, -0.05) is 0 Å². The number of nitrogens with one attached hydrogen (secondary N) is 4. The van der Waals surface area contributed by atoms with Crippen molar-refractivity contribution in [1.82, 2.24) is 25.9 Å². The molecule has 0 bridgehead atoms. The minimum absolute atomic E-state index is 0.0367. The van der Waals surface area contributed by atoms with Crippen LogP contribution in [0.5, 0.6) is 0 Å². The first-order chi connectivity index (χ1) is 10.2. The fourth-order valence-corrected chi connectivity index (χ4v) is 2.30. The van der Waals surface area contributed by atoms with E-state index in [2.05, 4.69) is 47.2 Å². The van der Waals surface area contributed by atoms with E-state index in [0.29, 0.717) is 25.5 Å². The lowest BCUT2D eigenvalue weighted by Gasteiger charge is -2.23. The zero-order chi connectivity index (χ0) is 15.1. The lowest BCUT2D eigenvalue weighted by Crippen LogP contribution is -2.55. The van der Waals surface area contributed by atoms with Crippen molar-refractivity contribution in [2.24, 2.45) is 0 Å². The number of piperazine rings is 1. The summed E-state index contributed by atoms with van der Waals surface area (Å²) >= 11 is 3.35. The van der Waals surface area contributed by atoms with Gasteiger partial charge in [0.2, 0.25) is 11.9 Å². The standard InChI is InChI=1S/C12H20BrN7O/c13-8-6-19-12(14)20-10(8)17-2-1-3-18-11(21)9-7-15-4-5-16-9/h6,9,15-16H,1-5,7H2,(H,18,21)(H3,14,17,19,20). The van der Waals surface area contributed by atoms with Gasteiger partial charge in [0.05, 0.1) is 10.5 Å². The maximum absolute atomic E-state index is 11.9. The van der Waals surface area contributed by atoms with E-state index in [-0.39, 0.29) is 17.9 Å². The molecule has 1 aliphatic heterocycles. The van der Waals surface area contributed by atoms with Crippen molar-refractivity contribution < 1.29 is 4.79 Å². The molecule has 1 aromatic heterocycles. The van der Waals surface area contributed by atoms with Crippen molar-refractivity contribution in [2.75, 3.05) is 43.8 Å². The first-order valence-corrected chi connectivity index (χ1v) is 7.70. The number of nitrogens with zero attached hydrogens (tertiary/aromatic N) is 2. The first kappa shape index (κ1) is 15.9. The van der Waals surface area contributed by atoms with E-state index >= 15 is 0 Å². The number of amides is 1. The van der Waals surface area contributed by atoms with E-state index in [4.69, 9.17) is 5.73 Å². The highest BCUT2D eigenvalue weighted by atomic mass is 79.9. The monoisotopic (exact) mass is 357 g/mol. The second kappa shape index (κ2) is 8.11. The van der Waals surface area contributed by atoms with Crippen molar-refractivity contribution in [2.45, 2.75) is 12.5 Å². The Morgan fingerprint density at radius 2 is 2.33 bits per heavy atom. The maximum Gasteiger partial charge on any atom is 0.238 e. The zero-order valence-corrected chi connectivity index (χ0v) is 13.2. The summed E-state index contributed by atoms with van der Waals surface area (Å²) in [7, 11) is 0. The third kappa shape index (κ3) is 5.10. The van der Waals surface area contributed by atoms with Gasteiger partial charge in [0.1, 0.15) is 5.82 Å². The molecule has 0 spiro atoms. The van der Waals surface area contributed by atoms with Gasteiger partial charge in [-0.25, -0.2) is 4.98 Å². The van der Waals surface area contributed by atoms with Gasteiger partial charge in [-0.2, -0.15) is 4.98 Å². The molecule has 8 nitrogen and oxygen atoms in total. The fraction of sp³-hybridized carbons (Fsp3) is 0.583. The molecule has 116 valence electrons. The van der Waals surface area contributed by atoms with Crippen molar-refractivity contribution in [1.29, 1.82) is 0 Å². The molecule has 0 aliphatic carbocycles. The number of carbonyl (C=O) groups is 1. The highest BCUT2D eigenvalue weighted by Crippen LogP contribution is 2.18. The molecular weight excluding hydrogens is 338 g/mol. The van der Waals surface area contributed by atoms with Gasteiger partial charge in [0.15, 0.2) is 0 Å². The Morgan fingerprint density at radius 1 is 1.48 bits per heavy atom. The Kier molecular flexibility index (Phi) is 6.15. The average Bonchev–Trinajstić information content (AvgIpc) is 2.51. The normalized spacial score (nSPS) is 18.2. The van der Waals surface area contributed by atoms with Crippen molar-refractivity contribution in [3.8, 4) is 0 Å². The lowest BCUT2D eigenvalue weighted by atomic mass is 10.2. The summed E-state index contributed by atoms with van der Waals surface area (Å²) in [5.41, 5.74) is 5.53. The average molecular weight is 358 g/mol. The lowest BCUT2D eigenvalue weighted by molar-refractivity contribution is -0.123. The maximum atomic E-state index is 11.9. The molecule has 1 atom stereocenters. The molecule has 0 saturated carbocycles. The molecule has 2 heterocycles. The zero-order valence-electron chi connectivity index (χ0n) is 11.7. The summed E-state index contributed by atoms with van der Waals surface area (Å²) < 4.78 is 0.762. The Balaban J connectivity index is 1.63. The number of carbonyl (C=O) groups excluding carboxylic acids is 1. The molecule has 1 saturated heterocycles. The summed E-state index contributed by atoms with van der Waals surface area (Å²) in [6.07, 6.45) is 2.40. The second-order valence-corrected chi connectivity index (χ2v) is 5.56.